The Morgan fingerprint density at radius 2 is 2.12 bits per heavy atom. The minimum absolute atomic E-state index is 0.152. The van der Waals surface area contributed by atoms with Crippen LogP contribution in [0.3, 0.4) is 0 Å². The molecule has 0 aliphatic rings. The van der Waals surface area contributed by atoms with E-state index in [4.69, 9.17) is 5.11 Å². The van der Waals surface area contributed by atoms with Crippen LogP contribution in [0.5, 0.6) is 0 Å². The zero-order chi connectivity index (χ0) is 13.1. The molecule has 1 rings (SSSR count). The van der Waals surface area contributed by atoms with Crippen molar-refractivity contribution in [3.8, 4) is 0 Å². The van der Waals surface area contributed by atoms with Gasteiger partial charge in [-0.2, -0.15) is 13.2 Å². The van der Waals surface area contributed by atoms with Gasteiger partial charge in [0.15, 0.2) is 5.69 Å². The quantitative estimate of drug-likeness (QED) is 0.866. The molecule has 0 unspecified atom stereocenters. The molecule has 0 atom stereocenters. The third-order valence-electron chi connectivity index (χ3n) is 1.56. The van der Waals surface area contributed by atoms with Gasteiger partial charge in [-0.25, -0.2) is 0 Å². The molecule has 0 saturated heterocycles. The van der Waals surface area contributed by atoms with Gasteiger partial charge in [0.2, 0.25) is 0 Å². The Morgan fingerprint density at radius 1 is 1.47 bits per heavy atom. The molecule has 6 nitrogen and oxygen atoms in total. The molecule has 0 spiro atoms. The second-order valence-electron chi connectivity index (χ2n) is 2.96. The zero-order valence-electron chi connectivity index (χ0n) is 8.14. The van der Waals surface area contributed by atoms with Gasteiger partial charge in [0.1, 0.15) is 13.1 Å². The third-order valence-corrected chi connectivity index (χ3v) is 2.07. The lowest BCUT2D eigenvalue weighted by atomic mass is 10.3. The van der Waals surface area contributed by atoms with Crippen molar-refractivity contribution in [3.63, 3.8) is 0 Å². The monoisotopic (exact) mass is 269 g/mol. The molecule has 0 fully saturated rings. The largest absolute Gasteiger partial charge is 0.480 e. The molecule has 0 saturated carbocycles. The highest BCUT2D eigenvalue weighted by Crippen LogP contribution is 2.17. The molecule has 1 aromatic rings. The lowest BCUT2D eigenvalue weighted by Gasteiger charge is -2.20. The van der Waals surface area contributed by atoms with Crippen molar-refractivity contribution in [2.45, 2.75) is 6.18 Å². The highest BCUT2D eigenvalue weighted by Gasteiger charge is 2.34. The van der Waals surface area contributed by atoms with Crippen LogP contribution in [0.4, 0.5) is 13.2 Å². The Kier molecular flexibility index (Phi) is 3.99. The highest BCUT2D eigenvalue weighted by atomic mass is 32.1. The summed E-state index contributed by atoms with van der Waals surface area (Å²) in [5.41, 5.74) is -0.305. The molecule has 0 bridgehead atoms. The smallest absolute Gasteiger partial charge is 0.406 e. The van der Waals surface area contributed by atoms with Crippen molar-refractivity contribution in [1.82, 2.24) is 14.5 Å². The topological polar surface area (TPSA) is 83.4 Å². The van der Waals surface area contributed by atoms with E-state index in [-0.39, 0.29) is 10.6 Å². The van der Waals surface area contributed by atoms with Gasteiger partial charge in [0.05, 0.1) is 0 Å². The molecule has 1 N–H and O–H groups in total. The van der Waals surface area contributed by atoms with E-state index in [0.29, 0.717) is 0 Å². The van der Waals surface area contributed by atoms with Crippen molar-refractivity contribution in [2.75, 3.05) is 13.1 Å². The van der Waals surface area contributed by atoms with Crippen LogP contribution in [0, 0.1) is 0 Å². The maximum atomic E-state index is 12.1. The Morgan fingerprint density at radius 3 is 2.53 bits per heavy atom. The number of carboxylic acids is 1. The van der Waals surface area contributed by atoms with E-state index < -0.39 is 31.1 Å². The first-order valence-corrected chi connectivity index (χ1v) is 4.98. The number of carbonyl (C=O) groups is 2. The predicted molar refractivity (Wildman–Crippen MR) is 49.5 cm³/mol. The first-order chi connectivity index (χ1) is 7.79. The lowest BCUT2D eigenvalue weighted by molar-refractivity contribution is -0.149. The number of amides is 1. The van der Waals surface area contributed by atoms with E-state index in [1.807, 2.05) is 0 Å². The number of aliphatic carboxylic acids is 1. The van der Waals surface area contributed by atoms with E-state index in [9.17, 15) is 22.8 Å². The van der Waals surface area contributed by atoms with E-state index in [0.717, 1.165) is 16.9 Å². The number of hydrogen-bond donors (Lipinski definition) is 1. The zero-order valence-corrected chi connectivity index (χ0v) is 8.96. The fraction of sp³-hybridized carbons (Fsp3) is 0.429. The number of aromatic nitrogens is 2. The SMILES string of the molecule is O=C(O)CN(CC(F)(F)F)C(=O)c1csnn1. The van der Waals surface area contributed by atoms with Crippen LogP contribution in [-0.2, 0) is 4.79 Å². The fourth-order valence-corrected chi connectivity index (χ4v) is 1.43. The summed E-state index contributed by atoms with van der Waals surface area (Å²) in [6.45, 7) is -2.69. The Balaban J connectivity index is 2.83. The number of carbonyl (C=O) groups excluding carboxylic acids is 1. The highest BCUT2D eigenvalue weighted by molar-refractivity contribution is 7.03. The number of rotatable bonds is 4. The average Bonchev–Trinajstić information content (AvgIpc) is 2.65. The summed E-state index contributed by atoms with van der Waals surface area (Å²) < 4.78 is 39.7. The van der Waals surface area contributed by atoms with Crippen LogP contribution < -0.4 is 0 Å². The van der Waals surface area contributed by atoms with Gasteiger partial charge in [-0.05, 0) is 11.5 Å². The summed E-state index contributed by atoms with van der Waals surface area (Å²) in [6, 6.07) is 0. The second kappa shape index (κ2) is 5.08. The third kappa shape index (κ3) is 4.34. The number of hydrogen-bond acceptors (Lipinski definition) is 5. The Labute approximate surface area is 96.8 Å². The van der Waals surface area contributed by atoms with Crippen LogP contribution in [0.1, 0.15) is 10.5 Å². The number of halogens is 3. The number of alkyl halides is 3. The molecule has 1 amide bonds. The van der Waals surface area contributed by atoms with Crippen LogP contribution in [0.25, 0.3) is 0 Å². The summed E-state index contributed by atoms with van der Waals surface area (Å²) in [5.74, 6) is -2.65. The predicted octanol–water partition coefficient (Wildman–Crippen LogP) is 0.627. The van der Waals surface area contributed by atoms with E-state index >= 15 is 0 Å². The maximum Gasteiger partial charge on any atom is 0.406 e. The maximum absolute atomic E-state index is 12.1. The van der Waals surface area contributed by atoms with Crippen molar-refractivity contribution < 1.29 is 27.9 Å². The van der Waals surface area contributed by atoms with Crippen molar-refractivity contribution in [3.05, 3.63) is 11.1 Å². The van der Waals surface area contributed by atoms with Crippen molar-refractivity contribution in [1.29, 1.82) is 0 Å². The average molecular weight is 269 g/mol. The lowest BCUT2D eigenvalue weighted by Crippen LogP contribution is -2.42. The van der Waals surface area contributed by atoms with Gasteiger partial charge < -0.3 is 10.0 Å². The van der Waals surface area contributed by atoms with Gasteiger partial charge in [-0.15, -0.1) is 5.10 Å². The molecule has 94 valence electrons. The van der Waals surface area contributed by atoms with E-state index in [2.05, 4.69) is 9.59 Å². The first kappa shape index (κ1) is 13.4. The summed E-state index contributed by atoms with van der Waals surface area (Å²) in [6.07, 6.45) is -4.67. The Bertz CT molecular complexity index is 406. The molecule has 17 heavy (non-hydrogen) atoms. The minimum Gasteiger partial charge on any atom is -0.480 e. The number of carboxylic acid groups (broad SMARTS) is 1. The summed E-state index contributed by atoms with van der Waals surface area (Å²) in [7, 11) is 0. The van der Waals surface area contributed by atoms with Crippen LogP contribution in [0.15, 0.2) is 5.38 Å². The normalized spacial score (nSPS) is 11.2. The molecule has 0 aliphatic heterocycles. The van der Waals surface area contributed by atoms with Crippen molar-refractivity contribution >= 4 is 23.4 Å². The summed E-state index contributed by atoms with van der Waals surface area (Å²) in [5, 5.41) is 12.9. The second-order valence-corrected chi connectivity index (χ2v) is 3.57. The Hall–Kier alpha value is -1.71. The van der Waals surface area contributed by atoms with Gasteiger partial charge in [0, 0.05) is 5.38 Å². The fourth-order valence-electron chi connectivity index (χ4n) is 0.999. The van der Waals surface area contributed by atoms with Crippen molar-refractivity contribution in [2.24, 2.45) is 0 Å². The molecule has 0 aliphatic carbocycles. The van der Waals surface area contributed by atoms with Gasteiger partial charge >= 0.3 is 12.1 Å². The molecule has 0 radical (unpaired) electrons. The molecular weight excluding hydrogens is 263 g/mol. The summed E-state index contributed by atoms with van der Waals surface area (Å²) in [4.78, 5) is 22.0. The van der Waals surface area contributed by atoms with Gasteiger partial charge in [0.25, 0.3) is 5.91 Å². The van der Waals surface area contributed by atoms with E-state index in [1.165, 1.54) is 0 Å². The molecule has 10 heteroatoms. The van der Waals surface area contributed by atoms with Crippen LogP contribution >= 0.6 is 11.5 Å². The van der Waals surface area contributed by atoms with Gasteiger partial charge in [-0.3, -0.25) is 9.59 Å². The molecule has 1 aromatic heterocycles. The summed E-state index contributed by atoms with van der Waals surface area (Å²) >= 11 is 0.785. The standard InChI is InChI=1S/C7H6F3N3O3S/c8-7(9,10)3-13(1-5(14)15)6(16)4-2-17-12-11-4/h2H,1,3H2,(H,14,15). The molecule has 1 heterocycles. The number of nitrogens with zero attached hydrogens (tertiary/aromatic N) is 3. The molecular formula is C7H6F3N3O3S. The van der Waals surface area contributed by atoms with Gasteiger partial charge in [-0.1, -0.05) is 4.49 Å². The van der Waals surface area contributed by atoms with Crippen LogP contribution in [0.2, 0.25) is 0 Å². The molecule has 0 aromatic carbocycles. The minimum atomic E-state index is -4.67. The van der Waals surface area contributed by atoms with Crippen LogP contribution in [-0.4, -0.2) is 50.7 Å². The van der Waals surface area contributed by atoms with E-state index in [1.54, 1.807) is 0 Å². The first-order valence-electron chi connectivity index (χ1n) is 4.14.